The molecule has 0 radical (unpaired) electrons. The highest BCUT2D eigenvalue weighted by atomic mass is 16.3. The van der Waals surface area contributed by atoms with Crippen LogP contribution in [0.15, 0.2) is 58.9 Å². The zero-order valence-electron chi connectivity index (χ0n) is 19.7. The molecule has 0 saturated heterocycles. The molecule has 176 valence electrons. The van der Waals surface area contributed by atoms with Gasteiger partial charge in [0.15, 0.2) is 12.1 Å². The van der Waals surface area contributed by atoms with Crippen molar-refractivity contribution in [3.8, 4) is 0 Å². The van der Waals surface area contributed by atoms with Gasteiger partial charge in [-0.15, -0.1) is 10.2 Å². The van der Waals surface area contributed by atoms with Gasteiger partial charge < -0.3 is 20.1 Å². The van der Waals surface area contributed by atoms with Gasteiger partial charge in [0.2, 0.25) is 0 Å². The van der Waals surface area contributed by atoms with E-state index in [-0.39, 0.29) is 0 Å². The van der Waals surface area contributed by atoms with E-state index in [0.717, 1.165) is 24.2 Å². The van der Waals surface area contributed by atoms with Crippen molar-refractivity contribution in [2.24, 2.45) is 9.98 Å². The van der Waals surface area contributed by atoms with Crippen molar-refractivity contribution in [3.63, 3.8) is 0 Å². The van der Waals surface area contributed by atoms with Gasteiger partial charge in [0.25, 0.3) is 0 Å². The van der Waals surface area contributed by atoms with Crippen molar-refractivity contribution in [2.45, 2.75) is 64.4 Å². The third kappa shape index (κ3) is 7.16. The van der Waals surface area contributed by atoms with Crippen molar-refractivity contribution in [1.82, 2.24) is 25.1 Å². The number of aliphatic imine (C=N–C) groups is 2. The number of nitrogens with zero attached hydrogens (tertiary/aromatic N) is 6. The van der Waals surface area contributed by atoms with Crippen LogP contribution in [0.25, 0.3) is 0 Å². The maximum atomic E-state index is 10.7. The first kappa shape index (κ1) is 24.5. The predicted molar refractivity (Wildman–Crippen MR) is 129 cm³/mol. The second-order valence-electron chi connectivity index (χ2n) is 8.50. The molecule has 33 heavy (non-hydrogen) atoms. The first-order valence-electron chi connectivity index (χ1n) is 11.1. The minimum atomic E-state index is -1.02. The third-order valence-corrected chi connectivity index (χ3v) is 5.21. The monoisotopic (exact) mass is 451 g/mol. The lowest BCUT2D eigenvalue weighted by atomic mass is 10.0. The number of allylic oxidation sites excluding steroid dienone is 2. The summed E-state index contributed by atoms with van der Waals surface area (Å²) in [4.78, 5) is 13.0. The smallest absolute Gasteiger partial charge is 0.169 e. The second-order valence-corrected chi connectivity index (χ2v) is 8.50. The first-order chi connectivity index (χ1) is 15.8. The Morgan fingerprint density at radius 3 is 2.82 bits per heavy atom. The van der Waals surface area contributed by atoms with Crippen molar-refractivity contribution >= 4 is 11.5 Å². The zero-order chi connectivity index (χ0) is 23.8. The van der Waals surface area contributed by atoms with Crippen molar-refractivity contribution in [1.29, 1.82) is 0 Å². The molecule has 1 aliphatic rings. The molecule has 0 aliphatic heterocycles. The minimum Gasteiger partial charge on any atom is -0.384 e. The van der Waals surface area contributed by atoms with E-state index in [1.165, 1.54) is 0 Å². The third-order valence-electron chi connectivity index (χ3n) is 5.21. The molecule has 0 bridgehead atoms. The van der Waals surface area contributed by atoms with Crippen molar-refractivity contribution in [2.75, 3.05) is 7.05 Å². The van der Waals surface area contributed by atoms with Crippen LogP contribution < -0.4 is 5.32 Å². The molecule has 0 amide bonds. The Morgan fingerprint density at radius 2 is 2.15 bits per heavy atom. The molecule has 9 heteroatoms. The summed E-state index contributed by atoms with van der Waals surface area (Å²) in [5, 5.41) is 32.0. The van der Waals surface area contributed by atoms with Crippen LogP contribution in [0.5, 0.6) is 0 Å². The van der Waals surface area contributed by atoms with Crippen LogP contribution in [0.1, 0.15) is 63.0 Å². The van der Waals surface area contributed by atoms with Gasteiger partial charge >= 0.3 is 0 Å². The number of hydrogen-bond acceptors (Lipinski definition) is 7. The van der Waals surface area contributed by atoms with E-state index in [1.54, 1.807) is 39.5 Å². The number of hydrogen-bond donors (Lipinski definition) is 3. The van der Waals surface area contributed by atoms with Crippen LogP contribution in [-0.4, -0.2) is 54.2 Å². The van der Waals surface area contributed by atoms with Crippen LogP contribution in [0, 0.1) is 0 Å². The molecule has 0 spiro atoms. The quantitative estimate of drug-likeness (QED) is 0.290. The summed E-state index contributed by atoms with van der Waals surface area (Å²) in [7, 11) is 1.66. The Kier molecular flexibility index (Phi) is 8.24. The average Bonchev–Trinajstić information content (AvgIpc) is 3.52. The largest absolute Gasteiger partial charge is 0.384 e. The van der Waals surface area contributed by atoms with E-state index in [2.05, 4.69) is 35.1 Å². The van der Waals surface area contributed by atoms with E-state index in [1.807, 2.05) is 37.3 Å². The molecular weight excluding hydrogens is 418 g/mol. The fourth-order valence-corrected chi connectivity index (χ4v) is 3.34. The van der Waals surface area contributed by atoms with Crippen LogP contribution >= 0.6 is 0 Å². The van der Waals surface area contributed by atoms with E-state index in [9.17, 15) is 10.2 Å². The fourth-order valence-electron chi connectivity index (χ4n) is 3.34. The minimum absolute atomic E-state index is 0.372. The van der Waals surface area contributed by atoms with Crippen LogP contribution in [0.2, 0.25) is 0 Å². The summed E-state index contributed by atoms with van der Waals surface area (Å²) in [6.45, 7) is 5.66. The summed E-state index contributed by atoms with van der Waals surface area (Å²) in [6, 6.07) is 4.21. The van der Waals surface area contributed by atoms with Crippen molar-refractivity contribution in [3.05, 3.63) is 66.0 Å². The van der Waals surface area contributed by atoms with Crippen LogP contribution in [0.3, 0.4) is 0 Å². The Hall–Kier alpha value is -3.17. The Labute approximate surface area is 194 Å². The topological polar surface area (TPSA) is 121 Å². The molecule has 1 unspecified atom stereocenters. The standard InChI is InChI=1S/C24H33N7O2/c1-5-7-21(27-15-22-30-28-16-31(22)18-10-11-18)29-23(32)19-14-17(12-13-26-19)8-6-9-20(25-4)24(2,3)33/h5-7,9,12-14,16,18,23,32-33H,8,10-11,15H2,1-4H3,(H,27,29)/b7-5-,9-6-,25-20?. The Bertz CT molecular complexity index is 1040. The van der Waals surface area contributed by atoms with Gasteiger partial charge in [0.05, 0.1) is 11.4 Å². The lowest BCUT2D eigenvalue weighted by molar-refractivity contribution is 0.155. The van der Waals surface area contributed by atoms with Gasteiger partial charge in [-0.2, -0.15) is 0 Å². The van der Waals surface area contributed by atoms with Gasteiger partial charge in [-0.25, -0.2) is 0 Å². The number of rotatable bonds is 10. The Morgan fingerprint density at radius 1 is 1.36 bits per heavy atom. The van der Waals surface area contributed by atoms with E-state index < -0.39 is 11.8 Å². The molecular formula is C24H33N7O2. The number of pyridine rings is 1. The van der Waals surface area contributed by atoms with E-state index in [4.69, 9.17) is 0 Å². The highest BCUT2D eigenvalue weighted by Crippen LogP contribution is 2.35. The SMILES string of the molecule is C/C=C\C(=NCc1nncn1C1CC1)NC(O)c1cc(C/C=C\C(=NC)C(C)(C)O)ccn1. The predicted octanol–water partition coefficient (Wildman–Crippen LogP) is 2.70. The number of aromatic nitrogens is 4. The summed E-state index contributed by atoms with van der Waals surface area (Å²) >= 11 is 0. The summed E-state index contributed by atoms with van der Waals surface area (Å²) in [6.07, 6.45) is 12.7. The first-order valence-corrected chi connectivity index (χ1v) is 11.1. The maximum absolute atomic E-state index is 10.7. The highest BCUT2D eigenvalue weighted by molar-refractivity contribution is 6.00. The molecule has 3 rings (SSSR count). The van der Waals surface area contributed by atoms with Crippen LogP contribution in [0.4, 0.5) is 0 Å². The molecule has 2 heterocycles. The molecule has 1 fully saturated rings. The molecule has 1 aliphatic carbocycles. The van der Waals surface area contributed by atoms with Gasteiger partial charge in [0, 0.05) is 19.3 Å². The average molecular weight is 452 g/mol. The maximum Gasteiger partial charge on any atom is 0.169 e. The van der Waals surface area contributed by atoms with Crippen LogP contribution in [-0.2, 0) is 13.0 Å². The molecule has 3 N–H and O–H groups in total. The normalized spacial score (nSPS) is 16.7. The molecule has 2 aromatic heterocycles. The number of amidine groups is 1. The summed E-state index contributed by atoms with van der Waals surface area (Å²) in [5.41, 5.74) is 1.07. The summed E-state index contributed by atoms with van der Waals surface area (Å²) in [5.74, 6) is 1.35. The fraction of sp³-hybridized carbons (Fsp3) is 0.458. The van der Waals surface area contributed by atoms with Crippen molar-refractivity contribution < 1.29 is 10.2 Å². The molecule has 1 atom stereocenters. The highest BCUT2D eigenvalue weighted by Gasteiger charge is 2.25. The Balaban J connectivity index is 1.65. The van der Waals surface area contributed by atoms with Gasteiger partial charge in [-0.3, -0.25) is 15.0 Å². The lowest BCUT2D eigenvalue weighted by Crippen LogP contribution is -2.29. The number of nitrogens with one attached hydrogen (secondary N) is 1. The van der Waals surface area contributed by atoms with E-state index >= 15 is 0 Å². The van der Waals surface area contributed by atoms with E-state index in [0.29, 0.717) is 36.2 Å². The molecule has 2 aromatic rings. The second kappa shape index (κ2) is 11.1. The zero-order valence-corrected chi connectivity index (χ0v) is 19.7. The van der Waals surface area contributed by atoms with Gasteiger partial charge in [0.1, 0.15) is 24.3 Å². The molecule has 9 nitrogen and oxygen atoms in total. The lowest BCUT2D eigenvalue weighted by Gasteiger charge is -2.17. The number of aliphatic hydroxyl groups excluding tert-OH is 1. The number of aliphatic hydroxyl groups is 2. The van der Waals surface area contributed by atoms with Gasteiger partial charge in [-0.1, -0.05) is 12.2 Å². The molecule has 1 saturated carbocycles. The van der Waals surface area contributed by atoms with Gasteiger partial charge in [-0.05, 0) is 69.9 Å². The summed E-state index contributed by atoms with van der Waals surface area (Å²) < 4.78 is 2.07. The molecule has 0 aromatic carbocycles.